The van der Waals surface area contributed by atoms with Gasteiger partial charge in [0.05, 0.1) is 26.2 Å². The molecule has 0 fully saturated rings. The quantitative estimate of drug-likeness (QED) is 0.311. The van der Waals surface area contributed by atoms with Crippen molar-refractivity contribution in [3.05, 3.63) is 29.8 Å². The number of rotatable bonds is 11. The van der Waals surface area contributed by atoms with Crippen LogP contribution in [-0.2, 0) is 10.2 Å². The molecule has 0 bridgehead atoms. The maximum absolute atomic E-state index is 11.8. The summed E-state index contributed by atoms with van der Waals surface area (Å²) >= 11 is 0. The van der Waals surface area contributed by atoms with Gasteiger partial charge < -0.3 is 33.2 Å². The van der Waals surface area contributed by atoms with Crippen molar-refractivity contribution < 1.29 is 41.6 Å². The van der Waals surface area contributed by atoms with Crippen LogP contribution in [0.25, 0.3) is 0 Å². The van der Waals surface area contributed by atoms with Crippen LogP contribution in [0.2, 0.25) is 0 Å². The Balaban J connectivity index is 0.00000576. The fourth-order valence-corrected chi connectivity index (χ4v) is 3.18. The molecule has 0 aliphatic carbocycles. The summed E-state index contributed by atoms with van der Waals surface area (Å²) < 4.78 is 34.1. The van der Waals surface area contributed by atoms with Gasteiger partial charge in [-0.3, -0.25) is 0 Å². The van der Waals surface area contributed by atoms with Crippen molar-refractivity contribution in [1.29, 1.82) is 0 Å². The topological polar surface area (TPSA) is 58.6 Å². The highest BCUT2D eigenvalue weighted by Crippen LogP contribution is 2.13. The molecule has 1 aromatic rings. The third kappa shape index (κ3) is 8.21. The molecule has 0 saturated carbocycles. The maximum Gasteiger partial charge on any atom is 0.279 e. The van der Waals surface area contributed by atoms with Crippen molar-refractivity contribution in [2.24, 2.45) is 0 Å². The Hall–Kier alpha value is -0.420. The van der Waals surface area contributed by atoms with Crippen molar-refractivity contribution in [1.82, 2.24) is 9.03 Å². The lowest BCUT2D eigenvalue weighted by Crippen LogP contribution is -3.00. The number of likely N-dealkylation sites (N-methyl/N-ethyl adjacent to an activating group) is 1. The molecule has 0 radical (unpaired) electrons. The van der Waals surface area contributed by atoms with Crippen molar-refractivity contribution in [3.63, 3.8) is 0 Å². The number of hydrogen-bond donors (Lipinski definition) is 1. The van der Waals surface area contributed by atoms with E-state index in [9.17, 15) is 8.42 Å². The molecule has 1 N–H and O–H groups in total. The lowest BCUT2D eigenvalue weighted by molar-refractivity contribution is -0.923. The maximum atomic E-state index is 11.8. The Labute approximate surface area is 170 Å². The van der Waals surface area contributed by atoms with Gasteiger partial charge >= 0.3 is 0 Å². The summed E-state index contributed by atoms with van der Waals surface area (Å²) in [5.74, 6) is 0.883. The van der Waals surface area contributed by atoms with Crippen LogP contribution in [0.3, 0.4) is 0 Å². The van der Waals surface area contributed by atoms with E-state index in [2.05, 4.69) is 18.6 Å². The number of quaternary nitrogens is 1. The molecular formula is C17H32IN3O3S. The summed E-state index contributed by atoms with van der Waals surface area (Å²) in [6, 6.07) is 8.02. The van der Waals surface area contributed by atoms with Gasteiger partial charge in [0.15, 0.2) is 0 Å². The molecule has 146 valence electrons. The summed E-state index contributed by atoms with van der Waals surface area (Å²) in [6.07, 6.45) is 0. The molecule has 0 atom stereocenters. The second-order valence-corrected chi connectivity index (χ2v) is 8.24. The molecule has 0 saturated heterocycles. The highest BCUT2D eigenvalue weighted by Gasteiger charge is 2.24. The van der Waals surface area contributed by atoms with E-state index in [1.165, 1.54) is 24.0 Å². The lowest BCUT2D eigenvalue weighted by Gasteiger charge is -2.37. The van der Waals surface area contributed by atoms with E-state index in [4.69, 9.17) is 4.74 Å². The SMILES string of the molecule is CC[N+](CC)(CCNS(=O)(=O)N(C)C)CCOc1cccc(C)c1.[I-]. The summed E-state index contributed by atoms with van der Waals surface area (Å²) in [6.45, 7) is 10.8. The van der Waals surface area contributed by atoms with Crippen molar-refractivity contribution >= 4 is 10.2 Å². The van der Waals surface area contributed by atoms with E-state index in [-0.39, 0.29) is 24.0 Å². The normalized spacial score (nSPS) is 12.1. The van der Waals surface area contributed by atoms with E-state index in [1.54, 1.807) is 0 Å². The van der Waals surface area contributed by atoms with Crippen LogP contribution in [0.1, 0.15) is 19.4 Å². The third-order valence-corrected chi connectivity index (χ3v) is 6.05. The Morgan fingerprint density at radius 3 is 2.32 bits per heavy atom. The highest BCUT2D eigenvalue weighted by molar-refractivity contribution is 7.87. The molecule has 6 nitrogen and oxygen atoms in total. The third-order valence-electron chi connectivity index (χ3n) is 4.52. The molecular weight excluding hydrogens is 453 g/mol. The van der Waals surface area contributed by atoms with Crippen LogP contribution < -0.4 is 33.4 Å². The molecule has 25 heavy (non-hydrogen) atoms. The number of ether oxygens (including phenoxy) is 1. The highest BCUT2D eigenvalue weighted by atomic mass is 127. The first-order chi connectivity index (χ1) is 11.2. The summed E-state index contributed by atoms with van der Waals surface area (Å²) in [7, 11) is -0.308. The van der Waals surface area contributed by atoms with Crippen LogP contribution in [0.15, 0.2) is 24.3 Å². The van der Waals surface area contributed by atoms with Gasteiger partial charge in [-0.25, -0.2) is 0 Å². The first-order valence-electron chi connectivity index (χ1n) is 8.46. The van der Waals surface area contributed by atoms with Gasteiger partial charge in [-0.1, -0.05) is 12.1 Å². The zero-order valence-corrected chi connectivity index (χ0v) is 18.9. The minimum absolute atomic E-state index is 0. The molecule has 0 amide bonds. The molecule has 0 heterocycles. The Bertz CT molecular complexity index is 605. The van der Waals surface area contributed by atoms with Gasteiger partial charge in [0.2, 0.25) is 0 Å². The molecule has 8 heteroatoms. The fraction of sp³-hybridized carbons (Fsp3) is 0.647. The van der Waals surface area contributed by atoms with Crippen LogP contribution in [0, 0.1) is 6.92 Å². The average Bonchev–Trinajstić information content (AvgIpc) is 2.53. The van der Waals surface area contributed by atoms with Crippen molar-refractivity contribution in [2.75, 3.05) is 53.4 Å². The van der Waals surface area contributed by atoms with E-state index >= 15 is 0 Å². The van der Waals surface area contributed by atoms with Crippen molar-refractivity contribution in [3.8, 4) is 5.75 Å². The Morgan fingerprint density at radius 1 is 1.16 bits per heavy atom. The zero-order valence-electron chi connectivity index (χ0n) is 16.0. The number of hydrogen-bond acceptors (Lipinski definition) is 3. The van der Waals surface area contributed by atoms with Gasteiger partial charge in [-0.15, -0.1) is 0 Å². The largest absolute Gasteiger partial charge is 1.00 e. The standard InChI is InChI=1S/C17H32N3O3S.HI/c1-6-20(7-2,12-11-18-24(21,22)19(4)5)13-14-23-17-10-8-9-16(3)15-17;/h8-10,15,18H,6-7,11-14H2,1-5H3;1H/q+1;/p-1. The summed E-state index contributed by atoms with van der Waals surface area (Å²) in [5.41, 5.74) is 1.18. The molecule has 0 aliphatic rings. The van der Waals surface area contributed by atoms with E-state index in [1.807, 2.05) is 31.2 Å². The van der Waals surface area contributed by atoms with E-state index in [0.717, 1.165) is 36.4 Å². The van der Waals surface area contributed by atoms with E-state index < -0.39 is 10.2 Å². The van der Waals surface area contributed by atoms with Crippen LogP contribution in [-0.4, -0.2) is 70.6 Å². The Kier molecular flexibility index (Phi) is 11.1. The summed E-state index contributed by atoms with van der Waals surface area (Å²) in [5, 5.41) is 0. The molecule has 0 aromatic heterocycles. The fourth-order valence-electron chi connectivity index (χ4n) is 2.57. The second-order valence-electron chi connectivity index (χ2n) is 6.27. The average molecular weight is 485 g/mol. The number of nitrogens with zero attached hydrogens (tertiary/aromatic N) is 2. The molecule has 1 rings (SSSR count). The first-order valence-corrected chi connectivity index (χ1v) is 9.90. The number of nitrogens with one attached hydrogen (secondary N) is 1. The minimum atomic E-state index is -3.36. The van der Waals surface area contributed by atoms with Crippen LogP contribution >= 0.6 is 0 Å². The van der Waals surface area contributed by atoms with Crippen LogP contribution in [0.5, 0.6) is 5.75 Å². The van der Waals surface area contributed by atoms with Gasteiger partial charge in [-0.2, -0.15) is 17.4 Å². The Morgan fingerprint density at radius 2 is 1.80 bits per heavy atom. The second kappa shape index (κ2) is 11.3. The van der Waals surface area contributed by atoms with Gasteiger partial charge in [0.1, 0.15) is 18.9 Å². The molecule has 0 spiro atoms. The number of benzene rings is 1. The summed E-state index contributed by atoms with van der Waals surface area (Å²) in [4.78, 5) is 0. The van der Waals surface area contributed by atoms with E-state index in [0.29, 0.717) is 13.2 Å². The molecule has 0 unspecified atom stereocenters. The molecule has 0 aliphatic heterocycles. The number of aryl methyl sites for hydroxylation is 1. The predicted molar refractivity (Wildman–Crippen MR) is 98.4 cm³/mol. The first kappa shape index (κ1) is 24.6. The number of halogens is 1. The molecule has 1 aromatic carbocycles. The smallest absolute Gasteiger partial charge is 0.279 e. The lowest BCUT2D eigenvalue weighted by atomic mass is 10.2. The minimum Gasteiger partial charge on any atom is -1.00 e. The van der Waals surface area contributed by atoms with Crippen molar-refractivity contribution in [2.45, 2.75) is 20.8 Å². The van der Waals surface area contributed by atoms with Crippen LogP contribution in [0.4, 0.5) is 0 Å². The monoisotopic (exact) mass is 485 g/mol. The van der Waals surface area contributed by atoms with Gasteiger partial charge in [0, 0.05) is 14.1 Å². The van der Waals surface area contributed by atoms with Gasteiger partial charge in [0.25, 0.3) is 10.2 Å². The zero-order chi connectivity index (χ0) is 18.2. The predicted octanol–water partition coefficient (Wildman–Crippen LogP) is -1.37. The van der Waals surface area contributed by atoms with Gasteiger partial charge in [-0.05, 0) is 38.5 Å².